The van der Waals surface area contributed by atoms with Crippen LogP contribution in [-0.2, 0) is 6.54 Å². The van der Waals surface area contributed by atoms with E-state index >= 15 is 0 Å². The molecule has 0 saturated carbocycles. The highest BCUT2D eigenvalue weighted by atomic mass is 35.5. The number of nitrogens with one attached hydrogen (secondary N) is 1. The van der Waals surface area contributed by atoms with Gasteiger partial charge in [-0.05, 0) is 35.9 Å². The monoisotopic (exact) mass is 311 g/mol. The number of rotatable bonds is 4. The fraction of sp³-hybridized carbons (Fsp3) is 0.0588. The molecule has 1 aromatic heterocycles. The van der Waals surface area contributed by atoms with Crippen LogP contribution in [-0.4, -0.2) is 15.5 Å². The second kappa shape index (κ2) is 6.45. The fourth-order valence-corrected chi connectivity index (χ4v) is 2.30. The molecule has 0 spiro atoms. The number of benzene rings is 2. The molecule has 0 aliphatic rings. The second-order valence-electron chi connectivity index (χ2n) is 4.83. The SMILES string of the molecule is O=C(NCc1ccc(-n2ccnc2)cc1)c1cccc(Cl)c1. The number of hydrogen-bond acceptors (Lipinski definition) is 2. The Hall–Kier alpha value is -2.59. The molecule has 2 aromatic carbocycles. The van der Waals surface area contributed by atoms with E-state index < -0.39 is 0 Å². The van der Waals surface area contributed by atoms with E-state index in [1.165, 1.54) is 0 Å². The summed E-state index contributed by atoms with van der Waals surface area (Å²) in [4.78, 5) is 16.1. The van der Waals surface area contributed by atoms with Crippen LogP contribution in [0.4, 0.5) is 0 Å². The van der Waals surface area contributed by atoms with Crippen LogP contribution in [0.25, 0.3) is 5.69 Å². The lowest BCUT2D eigenvalue weighted by Crippen LogP contribution is -2.22. The molecule has 1 N–H and O–H groups in total. The Morgan fingerprint density at radius 3 is 2.68 bits per heavy atom. The number of carbonyl (C=O) groups excluding carboxylic acids is 1. The van der Waals surface area contributed by atoms with Crippen molar-refractivity contribution in [3.63, 3.8) is 0 Å². The van der Waals surface area contributed by atoms with Gasteiger partial charge in [-0.15, -0.1) is 0 Å². The minimum absolute atomic E-state index is 0.138. The molecule has 22 heavy (non-hydrogen) atoms. The van der Waals surface area contributed by atoms with Gasteiger partial charge in [0.05, 0.1) is 6.33 Å². The van der Waals surface area contributed by atoms with Crippen LogP contribution in [0.2, 0.25) is 5.02 Å². The summed E-state index contributed by atoms with van der Waals surface area (Å²) in [6, 6.07) is 14.8. The number of nitrogens with zero attached hydrogens (tertiary/aromatic N) is 2. The van der Waals surface area contributed by atoms with Gasteiger partial charge in [0.15, 0.2) is 0 Å². The maximum atomic E-state index is 12.0. The van der Waals surface area contributed by atoms with E-state index in [0.717, 1.165) is 11.3 Å². The summed E-state index contributed by atoms with van der Waals surface area (Å²) in [6.07, 6.45) is 5.37. The molecule has 0 unspecified atom stereocenters. The van der Waals surface area contributed by atoms with E-state index in [9.17, 15) is 4.79 Å². The maximum absolute atomic E-state index is 12.0. The van der Waals surface area contributed by atoms with Crippen LogP contribution in [0, 0.1) is 0 Å². The summed E-state index contributed by atoms with van der Waals surface area (Å²) in [5.41, 5.74) is 2.61. The van der Waals surface area contributed by atoms with Gasteiger partial charge in [-0.2, -0.15) is 0 Å². The molecule has 4 nitrogen and oxygen atoms in total. The molecule has 1 amide bonds. The van der Waals surface area contributed by atoms with Crippen molar-refractivity contribution < 1.29 is 4.79 Å². The lowest BCUT2D eigenvalue weighted by atomic mass is 10.2. The molecule has 1 heterocycles. The standard InChI is InChI=1S/C17H14ClN3O/c18-15-3-1-2-14(10-15)17(22)20-11-13-4-6-16(7-5-13)21-9-8-19-12-21/h1-10,12H,11H2,(H,20,22). The molecule has 0 radical (unpaired) electrons. The first-order valence-electron chi connectivity index (χ1n) is 6.83. The lowest BCUT2D eigenvalue weighted by Gasteiger charge is -2.07. The van der Waals surface area contributed by atoms with E-state index in [4.69, 9.17) is 11.6 Å². The summed E-state index contributed by atoms with van der Waals surface area (Å²) in [7, 11) is 0. The van der Waals surface area contributed by atoms with Crippen LogP contribution in [0.5, 0.6) is 0 Å². The molecule has 0 atom stereocenters. The molecule has 110 valence electrons. The van der Waals surface area contributed by atoms with Crippen molar-refractivity contribution in [3.05, 3.63) is 83.4 Å². The Morgan fingerprint density at radius 2 is 2.00 bits per heavy atom. The molecule has 3 aromatic rings. The number of halogens is 1. The van der Waals surface area contributed by atoms with E-state index in [1.807, 2.05) is 35.0 Å². The van der Waals surface area contributed by atoms with Crippen molar-refractivity contribution in [2.45, 2.75) is 6.54 Å². The summed E-state index contributed by atoms with van der Waals surface area (Å²) in [5.74, 6) is -0.138. The lowest BCUT2D eigenvalue weighted by molar-refractivity contribution is 0.0951. The fourth-order valence-electron chi connectivity index (χ4n) is 2.11. The number of imidazole rings is 1. The highest BCUT2D eigenvalue weighted by Gasteiger charge is 2.05. The predicted molar refractivity (Wildman–Crippen MR) is 86.2 cm³/mol. The first-order chi connectivity index (χ1) is 10.7. The van der Waals surface area contributed by atoms with Gasteiger partial charge in [-0.3, -0.25) is 4.79 Å². The molecule has 3 rings (SSSR count). The molecule has 0 fully saturated rings. The van der Waals surface area contributed by atoms with Crippen molar-refractivity contribution in [3.8, 4) is 5.69 Å². The third-order valence-electron chi connectivity index (χ3n) is 3.28. The zero-order valence-corrected chi connectivity index (χ0v) is 12.5. The van der Waals surface area contributed by atoms with E-state index in [-0.39, 0.29) is 5.91 Å². The van der Waals surface area contributed by atoms with Gasteiger partial charge in [-0.1, -0.05) is 29.8 Å². The van der Waals surface area contributed by atoms with Crippen molar-refractivity contribution in [1.82, 2.24) is 14.9 Å². The maximum Gasteiger partial charge on any atom is 0.251 e. The highest BCUT2D eigenvalue weighted by Crippen LogP contribution is 2.12. The Labute approximate surface area is 133 Å². The van der Waals surface area contributed by atoms with Gasteiger partial charge in [0, 0.05) is 35.2 Å². The molecule has 0 aliphatic carbocycles. The zero-order valence-electron chi connectivity index (χ0n) is 11.7. The number of hydrogen-bond donors (Lipinski definition) is 1. The van der Waals surface area contributed by atoms with Gasteiger partial charge in [0.2, 0.25) is 0 Å². The van der Waals surface area contributed by atoms with E-state index in [2.05, 4.69) is 10.3 Å². The molecule has 0 bridgehead atoms. The Kier molecular flexibility index (Phi) is 4.21. The van der Waals surface area contributed by atoms with Crippen LogP contribution in [0.3, 0.4) is 0 Å². The first-order valence-corrected chi connectivity index (χ1v) is 7.21. The quantitative estimate of drug-likeness (QED) is 0.802. The smallest absolute Gasteiger partial charge is 0.251 e. The topological polar surface area (TPSA) is 46.9 Å². The normalized spacial score (nSPS) is 10.4. The molecule has 5 heteroatoms. The van der Waals surface area contributed by atoms with Crippen LogP contribution in [0.1, 0.15) is 15.9 Å². The largest absolute Gasteiger partial charge is 0.348 e. The van der Waals surface area contributed by atoms with Crippen LogP contribution < -0.4 is 5.32 Å². The zero-order chi connectivity index (χ0) is 15.4. The number of carbonyl (C=O) groups is 1. The Balaban J connectivity index is 1.63. The van der Waals surface area contributed by atoms with Gasteiger partial charge >= 0.3 is 0 Å². The third-order valence-corrected chi connectivity index (χ3v) is 3.51. The Morgan fingerprint density at radius 1 is 1.18 bits per heavy atom. The molecule has 0 aliphatic heterocycles. The van der Waals surface area contributed by atoms with E-state index in [1.54, 1.807) is 36.8 Å². The highest BCUT2D eigenvalue weighted by molar-refractivity contribution is 6.30. The van der Waals surface area contributed by atoms with Crippen LogP contribution in [0.15, 0.2) is 67.3 Å². The number of amides is 1. The van der Waals surface area contributed by atoms with Crippen molar-refractivity contribution >= 4 is 17.5 Å². The first kappa shape index (κ1) is 14.4. The van der Waals surface area contributed by atoms with Crippen molar-refractivity contribution in [1.29, 1.82) is 0 Å². The summed E-state index contributed by atoms with van der Waals surface area (Å²) >= 11 is 5.88. The summed E-state index contributed by atoms with van der Waals surface area (Å²) < 4.78 is 1.92. The van der Waals surface area contributed by atoms with Gasteiger partial charge in [0.25, 0.3) is 5.91 Å². The van der Waals surface area contributed by atoms with Crippen LogP contribution >= 0.6 is 11.6 Å². The molecular weight excluding hydrogens is 298 g/mol. The van der Waals surface area contributed by atoms with Gasteiger partial charge in [-0.25, -0.2) is 4.98 Å². The third kappa shape index (κ3) is 3.35. The molecular formula is C17H14ClN3O. The Bertz CT molecular complexity index is 767. The number of aromatic nitrogens is 2. The van der Waals surface area contributed by atoms with E-state index in [0.29, 0.717) is 17.1 Å². The second-order valence-corrected chi connectivity index (χ2v) is 5.27. The predicted octanol–water partition coefficient (Wildman–Crippen LogP) is 3.46. The summed E-state index contributed by atoms with van der Waals surface area (Å²) in [6.45, 7) is 0.468. The molecule has 0 saturated heterocycles. The van der Waals surface area contributed by atoms with Crippen molar-refractivity contribution in [2.24, 2.45) is 0 Å². The average molecular weight is 312 g/mol. The van der Waals surface area contributed by atoms with Crippen molar-refractivity contribution in [2.75, 3.05) is 0 Å². The minimum Gasteiger partial charge on any atom is -0.348 e. The van der Waals surface area contributed by atoms with Gasteiger partial charge < -0.3 is 9.88 Å². The summed E-state index contributed by atoms with van der Waals surface area (Å²) in [5, 5.41) is 3.43. The van der Waals surface area contributed by atoms with Gasteiger partial charge in [0.1, 0.15) is 0 Å². The average Bonchev–Trinajstić information content (AvgIpc) is 3.07. The minimum atomic E-state index is -0.138.